The van der Waals surface area contributed by atoms with E-state index in [9.17, 15) is 4.79 Å². The summed E-state index contributed by atoms with van der Waals surface area (Å²) in [5.41, 5.74) is -0.301. The van der Waals surface area contributed by atoms with Crippen molar-refractivity contribution in [2.24, 2.45) is 0 Å². The maximum absolute atomic E-state index is 10.4. The Morgan fingerprint density at radius 2 is 2.67 bits per heavy atom. The van der Waals surface area contributed by atoms with Crippen molar-refractivity contribution in [3.63, 3.8) is 0 Å². The predicted molar refractivity (Wildman–Crippen MR) is 31.2 cm³/mol. The molecule has 3 heteroatoms. The lowest BCUT2D eigenvalue weighted by atomic mass is 10.0. The number of carbonyl (C=O) groups excluding carboxylic acids is 1. The summed E-state index contributed by atoms with van der Waals surface area (Å²) in [5.74, 6) is 0. The van der Waals surface area contributed by atoms with E-state index in [1.807, 2.05) is 0 Å². The Morgan fingerprint density at radius 1 is 1.78 bits per heavy atom. The van der Waals surface area contributed by atoms with Crippen LogP contribution in [-0.2, 0) is 9.53 Å². The van der Waals surface area contributed by atoms with Crippen LogP contribution in [0.15, 0.2) is 0 Å². The minimum Gasteiger partial charge on any atom is -0.374 e. The zero-order chi connectivity index (χ0) is 6.32. The van der Waals surface area contributed by atoms with Crippen LogP contribution < -0.4 is 5.32 Å². The van der Waals surface area contributed by atoms with Crippen molar-refractivity contribution in [3.8, 4) is 0 Å². The molecule has 50 valence electrons. The molecule has 3 nitrogen and oxygen atoms in total. The summed E-state index contributed by atoms with van der Waals surface area (Å²) in [6, 6.07) is 0. The quantitative estimate of drug-likeness (QED) is 0.474. The second-order valence-electron chi connectivity index (χ2n) is 2.79. The molecule has 2 bridgehead atoms. The van der Waals surface area contributed by atoms with Gasteiger partial charge in [0.2, 0.25) is 0 Å². The second-order valence-corrected chi connectivity index (χ2v) is 2.79. The van der Waals surface area contributed by atoms with E-state index >= 15 is 0 Å². The minimum absolute atomic E-state index is 0.301. The molecule has 0 aliphatic carbocycles. The summed E-state index contributed by atoms with van der Waals surface area (Å²) in [5, 5.41) is 3.13. The molecule has 2 saturated heterocycles. The van der Waals surface area contributed by atoms with Gasteiger partial charge >= 0.3 is 0 Å². The van der Waals surface area contributed by atoms with Gasteiger partial charge in [-0.25, -0.2) is 0 Å². The van der Waals surface area contributed by atoms with Crippen LogP contribution in [0.4, 0.5) is 0 Å². The lowest BCUT2D eigenvalue weighted by Gasteiger charge is -2.19. The van der Waals surface area contributed by atoms with Gasteiger partial charge in [-0.05, 0) is 0 Å². The summed E-state index contributed by atoms with van der Waals surface area (Å²) in [4.78, 5) is 10.4. The van der Waals surface area contributed by atoms with Crippen molar-refractivity contribution in [3.05, 3.63) is 0 Å². The highest BCUT2D eigenvalue weighted by Gasteiger charge is 2.45. The number of ether oxygens (including phenoxy) is 1. The number of carbonyl (C=O) groups is 1. The Kier molecular flexibility index (Phi) is 0.926. The highest BCUT2D eigenvalue weighted by atomic mass is 16.5. The molecule has 0 aromatic carbocycles. The van der Waals surface area contributed by atoms with E-state index in [4.69, 9.17) is 4.74 Å². The number of hydrogen-bond donors (Lipinski definition) is 1. The maximum Gasteiger partial charge on any atom is 0.142 e. The molecule has 2 fully saturated rings. The summed E-state index contributed by atoms with van der Waals surface area (Å²) in [6.45, 7) is 1.42. The van der Waals surface area contributed by atoms with Crippen LogP contribution in [0.25, 0.3) is 0 Å². The summed E-state index contributed by atoms with van der Waals surface area (Å²) in [6.07, 6.45) is 2.14. The van der Waals surface area contributed by atoms with Gasteiger partial charge in [0.25, 0.3) is 0 Å². The van der Waals surface area contributed by atoms with Gasteiger partial charge in [-0.3, -0.25) is 0 Å². The summed E-state index contributed by atoms with van der Waals surface area (Å²) in [7, 11) is 0. The molecule has 1 N–H and O–H groups in total. The predicted octanol–water partition coefficient (Wildman–Crippen LogP) is -0.684. The second kappa shape index (κ2) is 1.55. The fourth-order valence-corrected chi connectivity index (χ4v) is 1.49. The fourth-order valence-electron chi connectivity index (χ4n) is 1.49. The van der Waals surface area contributed by atoms with Crippen molar-refractivity contribution in [2.75, 3.05) is 13.2 Å². The van der Waals surface area contributed by atoms with Crippen LogP contribution in [0.3, 0.4) is 0 Å². The number of hydrogen-bond acceptors (Lipinski definition) is 3. The number of nitrogens with one attached hydrogen (secondary N) is 1. The van der Waals surface area contributed by atoms with E-state index < -0.39 is 0 Å². The average molecular weight is 127 g/mol. The van der Waals surface area contributed by atoms with Gasteiger partial charge in [0.05, 0.1) is 12.7 Å². The van der Waals surface area contributed by atoms with Gasteiger partial charge in [0, 0.05) is 13.0 Å². The zero-order valence-corrected chi connectivity index (χ0v) is 5.09. The van der Waals surface area contributed by atoms with Crippen molar-refractivity contribution in [1.29, 1.82) is 0 Å². The highest BCUT2D eigenvalue weighted by molar-refractivity contribution is 5.66. The Hall–Kier alpha value is -0.410. The lowest BCUT2D eigenvalue weighted by Crippen LogP contribution is -2.46. The summed E-state index contributed by atoms with van der Waals surface area (Å²) < 4.78 is 5.25. The lowest BCUT2D eigenvalue weighted by molar-refractivity contribution is -0.113. The van der Waals surface area contributed by atoms with Gasteiger partial charge in [-0.15, -0.1) is 0 Å². The van der Waals surface area contributed by atoms with Crippen LogP contribution in [0.2, 0.25) is 0 Å². The van der Waals surface area contributed by atoms with Crippen molar-refractivity contribution < 1.29 is 9.53 Å². The van der Waals surface area contributed by atoms with E-state index in [0.717, 1.165) is 19.3 Å². The number of morpholine rings is 1. The Bertz CT molecular complexity index is 138. The van der Waals surface area contributed by atoms with Crippen LogP contribution >= 0.6 is 0 Å². The number of fused-ring (bicyclic) bond motifs is 2. The van der Waals surface area contributed by atoms with Gasteiger partial charge in [-0.2, -0.15) is 0 Å². The van der Waals surface area contributed by atoms with Crippen molar-refractivity contribution >= 4 is 6.29 Å². The Morgan fingerprint density at radius 3 is 2.89 bits per heavy atom. The van der Waals surface area contributed by atoms with Gasteiger partial charge in [0.15, 0.2) is 0 Å². The first-order chi connectivity index (χ1) is 4.35. The molecule has 2 atom stereocenters. The van der Waals surface area contributed by atoms with Crippen LogP contribution in [0.1, 0.15) is 6.42 Å². The maximum atomic E-state index is 10.4. The van der Waals surface area contributed by atoms with Gasteiger partial charge in [0.1, 0.15) is 11.8 Å². The highest BCUT2D eigenvalue weighted by Crippen LogP contribution is 2.27. The molecular weight excluding hydrogens is 118 g/mol. The topological polar surface area (TPSA) is 38.3 Å². The average Bonchev–Trinajstić information content (AvgIpc) is 2.46. The molecule has 2 heterocycles. The largest absolute Gasteiger partial charge is 0.374 e. The van der Waals surface area contributed by atoms with Gasteiger partial charge < -0.3 is 14.8 Å². The molecule has 9 heavy (non-hydrogen) atoms. The van der Waals surface area contributed by atoms with Crippen LogP contribution in [-0.4, -0.2) is 31.1 Å². The van der Waals surface area contributed by atoms with E-state index in [0.29, 0.717) is 12.7 Å². The Balaban J connectivity index is 2.21. The number of aldehydes is 1. The zero-order valence-electron chi connectivity index (χ0n) is 5.09. The first kappa shape index (κ1) is 5.38. The van der Waals surface area contributed by atoms with E-state index in [1.165, 1.54) is 0 Å². The Labute approximate surface area is 53.4 Å². The molecule has 0 spiro atoms. The first-order valence-electron chi connectivity index (χ1n) is 3.18. The molecule has 2 unspecified atom stereocenters. The molecule has 2 rings (SSSR count). The molecule has 2 aliphatic rings. The van der Waals surface area contributed by atoms with Crippen LogP contribution in [0, 0.1) is 0 Å². The SMILES string of the molecule is O=CC12COC(CN1)C2. The minimum atomic E-state index is -0.301. The van der Waals surface area contributed by atoms with Crippen LogP contribution in [0.5, 0.6) is 0 Å². The monoisotopic (exact) mass is 127 g/mol. The van der Waals surface area contributed by atoms with E-state index in [1.54, 1.807) is 0 Å². The standard InChI is InChI=1S/C6H9NO2/c8-3-6-1-5(2-7-6)9-4-6/h3,5,7H,1-2,4H2. The van der Waals surface area contributed by atoms with E-state index in [-0.39, 0.29) is 5.54 Å². The molecule has 0 radical (unpaired) electrons. The smallest absolute Gasteiger partial charge is 0.142 e. The third-order valence-electron chi connectivity index (χ3n) is 2.08. The molecule has 0 aromatic heterocycles. The van der Waals surface area contributed by atoms with Gasteiger partial charge in [-0.1, -0.05) is 0 Å². The normalized spacial score (nSPS) is 47.8. The van der Waals surface area contributed by atoms with Crippen molar-refractivity contribution in [2.45, 2.75) is 18.1 Å². The molecule has 0 amide bonds. The van der Waals surface area contributed by atoms with E-state index in [2.05, 4.69) is 5.32 Å². The summed E-state index contributed by atoms with van der Waals surface area (Å²) >= 11 is 0. The number of rotatable bonds is 1. The third kappa shape index (κ3) is 0.618. The third-order valence-corrected chi connectivity index (χ3v) is 2.08. The molecule has 2 aliphatic heterocycles. The van der Waals surface area contributed by atoms with Crippen molar-refractivity contribution in [1.82, 2.24) is 5.32 Å². The molecule has 0 aromatic rings. The first-order valence-corrected chi connectivity index (χ1v) is 3.18. The fraction of sp³-hybridized carbons (Fsp3) is 0.833. The molecule has 0 saturated carbocycles. The molecular formula is C6H9NO2.